The molecule has 2 rings (SSSR count). The number of ether oxygens (including phenoxy) is 3. The molecule has 7 nitrogen and oxygen atoms in total. The normalized spacial score (nSPS) is 17.9. The van der Waals surface area contributed by atoms with Gasteiger partial charge in [0.05, 0.1) is 45.1 Å². The Bertz CT molecular complexity index is 523. The van der Waals surface area contributed by atoms with Crippen molar-refractivity contribution in [1.82, 2.24) is 4.90 Å². The summed E-state index contributed by atoms with van der Waals surface area (Å²) in [6, 6.07) is 4.78. The molecule has 0 bridgehead atoms. The number of aliphatic hydroxyl groups excluding tert-OH is 1. The summed E-state index contributed by atoms with van der Waals surface area (Å²) in [5.74, 6) is 0.870. The Labute approximate surface area is 135 Å². The summed E-state index contributed by atoms with van der Waals surface area (Å²) in [6.07, 6.45) is 0.705. The predicted molar refractivity (Wildman–Crippen MR) is 84.9 cm³/mol. The maximum atomic E-state index is 12.9. The van der Waals surface area contributed by atoms with Gasteiger partial charge in [0.1, 0.15) is 11.5 Å². The van der Waals surface area contributed by atoms with Gasteiger partial charge in [-0.2, -0.15) is 0 Å². The summed E-state index contributed by atoms with van der Waals surface area (Å²) in [6.45, 7) is 2.04. The van der Waals surface area contributed by atoms with Gasteiger partial charge in [0, 0.05) is 6.54 Å². The second kappa shape index (κ2) is 8.71. The number of hydrogen-bond donors (Lipinski definition) is 2. The second-order valence-corrected chi connectivity index (χ2v) is 5.26. The molecule has 0 spiro atoms. The van der Waals surface area contributed by atoms with Crippen LogP contribution in [0.2, 0.25) is 0 Å². The quantitative estimate of drug-likeness (QED) is 0.699. The fraction of sp³-hybridized carbons (Fsp3) is 0.562. The van der Waals surface area contributed by atoms with E-state index < -0.39 is 0 Å². The Balaban J connectivity index is 2.24. The van der Waals surface area contributed by atoms with Crippen molar-refractivity contribution in [3.05, 3.63) is 23.8 Å². The van der Waals surface area contributed by atoms with Gasteiger partial charge >= 0.3 is 0 Å². The first-order valence-electron chi connectivity index (χ1n) is 7.71. The van der Waals surface area contributed by atoms with Crippen LogP contribution in [-0.2, 0) is 4.74 Å². The topological polar surface area (TPSA) is 94.3 Å². The number of hydrogen-bond acceptors (Lipinski definition) is 6. The summed E-state index contributed by atoms with van der Waals surface area (Å²) < 4.78 is 16.2. The van der Waals surface area contributed by atoms with Crippen LogP contribution < -0.4 is 15.2 Å². The molecule has 0 aromatic heterocycles. The Morgan fingerprint density at radius 3 is 3.04 bits per heavy atom. The molecule has 1 aliphatic rings. The van der Waals surface area contributed by atoms with E-state index >= 15 is 0 Å². The molecular weight excluding hydrogens is 300 g/mol. The number of nitrogens with zero attached hydrogens (tertiary/aromatic N) is 1. The Kier molecular flexibility index (Phi) is 6.64. The molecule has 1 aliphatic heterocycles. The monoisotopic (exact) mass is 324 g/mol. The van der Waals surface area contributed by atoms with Crippen LogP contribution in [-0.4, -0.2) is 68.6 Å². The smallest absolute Gasteiger partial charge is 0.258 e. The van der Waals surface area contributed by atoms with Crippen molar-refractivity contribution in [2.45, 2.75) is 12.5 Å². The summed E-state index contributed by atoms with van der Waals surface area (Å²) in [7, 11) is 1.55. The highest BCUT2D eigenvalue weighted by atomic mass is 16.5. The minimum atomic E-state index is -0.348. The van der Waals surface area contributed by atoms with E-state index in [1.807, 2.05) is 0 Å². The molecule has 3 N–H and O–H groups in total. The number of amides is 1. The maximum Gasteiger partial charge on any atom is 0.258 e. The first kappa shape index (κ1) is 17.5. The molecule has 7 heteroatoms. The van der Waals surface area contributed by atoms with Crippen LogP contribution in [0, 0.1) is 0 Å². The lowest BCUT2D eigenvalue weighted by Gasteiger charge is -2.34. The number of morpholine rings is 1. The third-order valence-corrected chi connectivity index (χ3v) is 3.72. The second-order valence-electron chi connectivity index (χ2n) is 5.26. The molecule has 128 valence electrons. The lowest BCUT2D eigenvalue weighted by Crippen LogP contribution is -2.50. The molecule has 1 amide bonds. The first-order chi connectivity index (χ1) is 11.2. The van der Waals surface area contributed by atoms with Crippen LogP contribution in [0.15, 0.2) is 18.2 Å². The number of rotatable bonds is 7. The van der Waals surface area contributed by atoms with Gasteiger partial charge in [-0.25, -0.2) is 0 Å². The van der Waals surface area contributed by atoms with E-state index in [2.05, 4.69) is 0 Å². The van der Waals surface area contributed by atoms with Crippen molar-refractivity contribution in [3.8, 4) is 11.5 Å². The summed E-state index contributed by atoms with van der Waals surface area (Å²) in [4.78, 5) is 14.5. The van der Waals surface area contributed by atoms with Crippen molar-refractivity contribution in [3.63, 3.8) is 0 Å². The van der Waals surface area contributed by atoms with Crippen LogP contribution in [0.3, 0.4) is 0 Å². The Morgan fingerprint density at radius 1 is 1.52 bits per heavy atom. The van der Waals surface area contributed by atoms with E-state index in [0.717, 1.165) is 0 Å². The van der Waals surface area contributed by atoms with E-state index in [0.29, 0.717) is 56.4 Å². The molecule has 23 heavy (non-hydrogen) atoms. The number of carbonyl (C=O) groups excluding carboxylic acids is 1. The summed E-state index contributed by atoms with van der Waals surface area (Å²) >= 11 is 0. The standard InChI is InChI=1S/C16H24N2O5/c1-21-13-3-4-15(23-7-2-5-17)14(9-13)16(20)18-6-8-22-11-12(18)10-19/h3-4,9,12,19H,2,5-8,10-11,17H2,1H3/t12-/m0/s1. The predicted octanol–water partition coefficient (Wildman–Crippen LogP) is 0.256. The highest BCUT2D eigenvalue weighted by Gasteiger charge is 2.29. The van der Waals surface area contributed by atoms with E-state index in [1.165, 1.54) is 0 Å². The van der Waals surface area contributed by atoms with Crippen LogP contribution in [0.1, 0.15) is 16.8 Å². The minimum Gasteiger partial charge on any atom is -0.497 e. The molecule has 0 radical (unpaired) electrons. The zero-order valence-electron chi connectivity index (χ0n) is 13.4. The van der Waals surface area contributed by atoms with Gasteiger partial charge in [-0.15, -0.1) is 0 Å². The lowest BCUT2D eigenvalue weighted by molar-refractivity contribution is -0.0185. The summed E-state index contributed by atoms with van der Waals surface area (Å²) in [5.41, 5.74) is 5.89. The zero-order valence-corrected chi connectivity index (χ0v) is 13.4. The number of benzene rings is 1. The molecule has 1 heterocycles. The molecule has 0 saturated carbocycles. The molecular formula is C16H24N2O5. The molecule has 1 fully saturated rings. The average molecular weight is 324 g/mol. The number of nitrogens with two attached hydrogens (primary N) is 1. The van der Waals surface area contributed by atoms with Gasteiger partial charge in [0.2, 0.25) is 0 Å². The number of methoxy groups -OCH3 is 1. The van der Waals surface area contributed by atoms with Crippen molar-refractivity contribution in [2.24, 2.45) is 5.73 Å². The van der Waals surface area contributed by atoms with Gasteiger partial charge in [-0.3, -0.25) is 4.79 Å². The van der Waals surface area contributed by atoms with Crippen LogP contribution in [0.4, 0.5) is 0 Å². The highest BCUT2D eigenvalue weighted by Crippen LogP contribution is 2.27. The third-order valence-electron chi connectivity index (χ3n) is 3.72. The molecule has 1 aromatic carbocycles. The first-order valence-corrected chi connectivity index (χ1v) is 7.71. The molecule has 1 saturated heterocycles. The van der Waals surface area contributed by atoms with E-state index in [4.69, 9.17) is 19.9 Å². The van der Waals surface area contributed by atoms with Crippen LogP contribution >= 0.6 is 0 Å². The SMILES string of the molecule is COc1ccc(OCCCN)c(C(=O)N2CCOC[C@@H]2CO)c1. The van der Waals surface area contributed by atoms with Gasteiger partial charge in [-0.05, 0) is 31.2 Å². The van der Waals surface area contributed by atoms with Crippen molar-refractivity contribution in [2.75, 3.05) is 46.6 Å². The zero-order chi connectivity index (χ0) is 16.7. The van der Waals surface area contributed by atoms with Crippen LogP contribution in [0.25, 0.3) is 0 Å². The van der Waals surface area contributed by atoms with Crippen LogP contribution in [0.5, 0.6) is 11.5 Å². The minimum absolute atomic E-state index is 0.140. The van der Waals surface area contributed by atoms with E-state index in [1.54, 1.807) is 30.2 Å². The average Bonchev–Trinajstić information content (AvgIpc) is 2.61. The van der Waals surface area contributed by atoms with E-state index in [-0.39, 0.29) is 18.6 Å². The number of carbonyl (C=O) groups is 1. The lowest BCUT2D eigenvalue weighted by atomic mass is 10.1. The highest BCUT2D eigenvalue weighted by molar-refractivity contribution is 5.97. The fourth-order valence-corrected chi connectivity index (χ4v) is 2.42. The van der Waals surface area contributed by atoms with Gasteiger partial charge in [0.25, 0.3) is 5.91 Å². The Morgan fingerprint density at radius 2 is 2.35 bits per heavy atom. The van der Waals surface area contributed by atoms with Gasteiger partial charge < -0.3 is 30.0 Å². The van der Waals surface area contributed by atoms with Crippen molar-refractivity contribution >= 4 is 5.91 Å². The molecule has 1 atom stereocenters. The number of aliphatic hydroxyl groups is 1. The maximum absolute atomic E-state index is 12.9. The van der Waals surface area contributed by atoms with Gasteiger partial charge in [0.15, 0.2) is 0 Å². The molecule has 0 aliphatic carbocycles. The van der Waals surface area contributed by atoms with Crippen molar-refractivity contribution < 1.29 is 24.1 Å². The summed E-state index contributed by atoms with van der Waals surface area (Å²) in [5, 5.41) is 9.46. The van der Waals surface area contributed by atoms with Crippen molar-refractivity contribution in [1.29, 1.82) is 0 Å². The molecule has 0 unspecified atom stereocenters. The largest absolute Gasteiger partial charge is 0.497 e. The van der Waals surface area contributed by atoms with E-state index in [9.17, 15) is 9.90 Å². The molecule has 1 aromatic rings. The Hall–Kier alpha value is -1.83. The third kappa shape index (κ3) is 4.34. The van der Waals surface area contributed by atoms with Gasteiger partial charge in [-0.1, -0.05) is 0 Å². The fourth-order valence-electron chi connectivity index (χ4n) is 2.42.